The van der Waals surface area contributed by atoms with Gasteiger partial charge in [0.2, 0.25) is 5.91 Å². The molecule has 0 unspecified atom stereocenters. The Morgan fingerprint density at radius 3 is 2.53 bits per heavy atom. The first-order chi connectivity index (χ1) is 14.4. The van der Waals surface area contributed by atoms with Gasteiger partial charge in [-0.15, -0.1) is 11.3 Å². The maximum Gasteiger partial charge on any atom is 0.265 e. The predicted octanol–water partition coefficient (Wildman–Crippen LogP) is 4.72. The lowest BCUT2D eigenvalue weighted by molar-refractivity contribution is -0.119. The number of halogens is 1. The summed E-state index contributed by atoms with van der Waals surface area (Å²) in [5.41, 5.74) is 1.96. The van der Waals surface area contributed by atoms with E-state index in [0.717, 1.165) is 5.56 Å². The minimum absolute atomic E-state index is 0.159. The predicted molar refractivity (Wildman–Crippen MR) is 125 cm³/mol. The lowest BCUT2D eigenvalue weighted by Gasteiger charge is -2.14. The van der Waals surface area contributed by atoms with E-state index in [1.807, 2.05) is 11.4 Å². The molecule has 0 aliphatic heterocycles. The van der Waals surface area contributed by atoms with Crippen molar-refractivity contribution in [3.8, 4) is 5.75 Å². The number of ether oxygens (including phenoxy) is 1. The fraction of sp³-hybridized carbons (Fsp3) is 0.0952. The Morgan fingerprint density at radius 1 is 1.10 bits per heavy atom. The summed E-state index contributed by atoms with van der Waals surface area (Å²) in [6.45, 7) is 0. The second kappa shape index (κ2) is 10.2. The van der Waals surface area contributed by atoms with Crippen LogP contribution in [0.1, 0.15) is 15.2 Å². The molecule has 0 spiro atoms. The van der Waals surface area contributed by atoms with Crippen LogP contribution in [0.5, 0.6) is 5.75 Å². The Morgan fingerprint density at radius 2 is 1.87 bits per heavy atom. The zero-order valence-corrected chi connectivity index (χ0v) is 18.3. The Hall–Kier alpha value is -2.94. The Bertz CT molecular complexity index is 1050. The van der Waals surface area contributed by atoms with Crippen molar-refractivity contribution >= 4 is 63.5 Å². The monoisotopic (exact) mass is 459 g/mol. The van der Waals surface area contributed by atoms with E-state index in [0.29, 0.717) is 27.0 Å². The second-order valence-electron chi connectivity index (χ2n) is 6.15. The van der Waals surface area contributed by atoms with E-state index in [1.165, 1.54) is 18.4 Å². The topological polar surface area (TPSA) is 79.5 Å². The van der Waals surface area contributed by atoms with Gasteiger partial charge in [0.25, 0.3) is 5.91 Å². The molecule has 2 amide bonds. The van der Waals surface area contributed by atoms with Gasteiger partial charge in [-0.1, -0.05) is 29.8 Å². The van der Waals surface area contributed by atoms with E-state index in [-0.39, 0.29) is 23.3 Å². The maximum atomic E-state index is 12.2. The highest BCUT2D eigenvalue weighted by Gasteiger charge is 2.12. The van der Waals surface area contributed by atoms with Crippen molar-refractivity contribution in [2.75, 3.05) is 17.7 Å². The zero-order valence-electron chi connectivity index (χ0n) is 15.9. The van der Waals surface area contributed by atoms with Gasteiger partial charge in [-0.25, -0.2) is 0 Å². The van der Waals surface area contributed by atoms with Gasteiger partial charge in [0.1, 0.15) is 5.75 Å². The number of carbonyl (C=O) groups is 2. The SMILES string of the molecule is COc1cc(NC(=S)NC(=O)Cc2ccc(Cl)cc2)ccc1NC(=O)c1cccs1. The van der Waals surface area contributed by atoms with E-state index in [1.54, 1.807) is 48.5 Å². The van der Waals surface area contributed by atoms with Crippen molar-refractivity contribution in [3.05, 3.63) is 75.4 Å². The van der Waals surface area contributed by atoms with Crippen LogP contribution in [-0.2, 0) is 11.2 Å². The first-order valence-corrected chi connectivity index (χ1v) is 10.5. The summed E-state index contributed by atoms with van der Waals surface area (Å²) in [7, 11) is 1.51. The van der Waals surface area contributed by atoms with Crippen LogP contribution >= 0.6 is 35.2 Å². The standard InChI is InChI=1S/C21H18ClN3O3S2/c1-28-17-12-15(8-9-16(17)24-20(27)18-3-2-10-30-18)23-21(29)25-19(26)11-13-4-6-14(22)7-5-13/h2-10,12H,11H2,1H3,(H,24,27)(H2,23,25,26,29). The van der Waals surface area contributed by atoms with Gasteiger partial charge in [-0.2, -0.15) is 0 Å². The third-order valence-electron chi connectivity index (χ3n) is 3.98. The molecule has 30 heavy (non-hydrogen) atoms. The molecule has 0 aliphatic carbocycles. The summed E-state index contributed by atoms with van der Waals surface area (Å²) in [4.78, 5) is 25.0. The number of rotatable bonds is 6. The maximum absolute atomic E-state index is 12.2. The Balaban J connectivity index is 1.59. The van der Waals surface area contributed by atoms with Crippen LogP contribution in [0.2, 0.25) is 5.02 Å². The van der Waals surface area contributed by atoms with Gasteiger partial charge >= 0.3 is 0 Å². The summed E-state index contributed by atoms with van der Waals surface area (Å²) < 4.78 is 5.36. The van der Waals surface area contributed by atoms with Gasteiger partial charge in [0, 0.05) is 16.8 Å². The molecule has 3 rings (SSSR count). The number of methoxy groups -OCH3 is 1. The average molecular weight is 460 g/mol. The largest absolute Gasteiger partial charge is 0.494 e. The molecule has 6 nitrogen and oxygen atoms in total. The second-order valence-corrected chi connectivity index (χ2v) is 7.94. The lowest BCUT2D eigenvalue weighted by Crippen LogP contribution is -2.35. The number of hydrogen-bond acceptors (Lipinski definition) is 5. The third kappa shape index (κ3) is 6.03. The smallest absolute Gasteiger partial charge is 0.265 e. The molecule has 3 N–H and O–H groups in total. The number of nitrogens with one attached hydrogen (secondary N) is 3. The summed E-state index contributed by atoms with van der Waals surface area (Å²) in [6.07, 6.45) is 0.177. The van der Waals surface area contributed by atoms with Crippen molar-refractivity contribution in [3.63, 3.8) is 0 Å². The fourth-order valence-electron chi connectivity index (χ4n) is 2.58. The molecule has 2 aromatic carbocycles. The van der Waals surface area contributed by atoms with Crippen LogP contribution in [0.4, 0.5) is 11.4 Å². The number of benzene rings is 2. The van der Waals surface area contributed by atoms with E-state index >= 15 is 0 Å². The van der Waals surface area contributed by atoms with Crippen molar-refractivity contribution in [1.29, 1.82) is 0 Å². The molecule has 0 aliphatic rings. The lowest BCUT2D eigenvalue weighted by atomic mass is 10.1. The molecule has 0 saturated carbocycles. The van der Waals surface area contributed by atoms with Crippen LogP contribution in [0, 0.1) is 0 Å². The highest BCUT2D eigenvalue weighted by molar-refractivity contribution is 7.80. The number of hydrogen-bond donors (Lipinski definition) is 3. The van der Waals surface area contributed by atoms with Crippen LogP contribution in [0.3, 0.4) is 0 Å². The zero-order chi connectivity index (χ0) is 21.5. The molecule has 0 bridgehead atoms. The third-order valence-corrected chi connectivity index (χ3v) is 5.31. The van der Waals surface area contributed by atoms with Crippen molar-refractivity contribution < 1.29 is 14.3 Å². The molecular formula is C21H18ClN3O3S2. The Labute approximate surface area is 188 Å². The molecule has 1 aromatic heterocycles. The van der Waals surface area contributed by atoms with Gasteiger partial charge in [-0.05, 0) is 53.5 Å². The molecule has 1 heterocycles. The van der Waals surface area contributed by atoms with Crippen LogP contribution in [0.25, 0.3) is 0 Å². The number of carbonyl (C=O) groups excluding carboxylic acids is 2. The van der Waals surface area contributed by atoms with E-state index in [4.69, 9.17) is 28.6 Å². The average Bonchev–Trinajstić information content (AvgIpc) is 3.25. The summed E-state index contributed by atoms with van der Waals surface area (Å²) in [6, 6.07) is 15.7. The number of amides is 2. The fourth-order valence-corrected chi connectivity index (χ4v) is 3.56. The first-order valence-electron chi connectivity index (χ1n) is 8.83. The molecule has 3 aromatic rings. The molecule has 0 saturated heterocycles. The van der Waals surface area contributed by atoms with Crippen molar-refractivity contribution in [2.45, 2.75) is 6.42 Å². The quantitative estimate of drug-likeness (QED) is 0.465. The summed E-state index contributed by atoms with van der Waals surface area (Å²) in [5.74, 6) is -0.00388. The van der Waals surface area contributed by atoms with Crippen LogP contribution < -0.4 is 20.7 Å². The normalized spacial score (nSPS) is 10.2. The molecular weight excluding hydrogens is 442 g/mol. The molecule has 0 fully saturated rings. The molecule has 154 valence electrons. The molecule has 0 radical (unpaired) electrons. The minimum Gasteiger partial charge on any atom is -0.494 e. The van der Waals surface area contributed by atoms with E-state index in [2.05, 4.69) is 16.0 Å². The van der Waals surface area contributed by atoms with E-state index < -0.39 is 0 Å². The van der Waals surface area contributed by atoms with Gasteiger partial charge in [0.15, 0.2) is 5.11 Å². The van der Waals surface area contributed by atoms with E-state index in [9.17, 15) is 9.59 Å². The number of thiophene rings is 1. The molecule has 0 atom stereocenters. The Kier molecular flexibility index (Phi) is 7.40. The highest BCUT2D eigenvalue weighted by atomic mass is 35.5. The molecule has 9 heteroatoms. The van der Waals surface area contributed by atoms with Gasteiger partial charge < -0.3 is 20.7 Å². The van der Waals surface area contributed by atoms with Gasteiger partial charge in [-0.3, -0.25) is 9.59 Å². The minimum atomic E-state index is -0.249. The van der Waals surface area contributed by atoms with Crippen molar-refractivity contribution in [2.24, 2.45) is 0 Å². The number of anilines is 2. The van der Waals surface area contributed by atoms with Crippen LogP contribution in [0.15, 0.2) is 60.0 Å². The number of thiocarbonyl (C=S) groups is 1. The first kappa shape index (κ1) is 21.8. The summed E-state index contributed by atoms with van der Waals surface area (Å²) >= 11 is 12.4. The van der Waals surface area contributed by atoms with Crippen LogP contribution in [-0.4, -0.2) is 24.0 Å². The summed E-state index contributed by atoms with van der Waals surface area (Å²) in [5, 5.41) is 11.0. The highest BCUT2D eigenvalue weighted by Crippen LogP contribution is 2.28. The van der Waals surface area contributed by atoms with Gasteiger partial charge in [0.05, 0.1) is 24.1 Å². The van der Waals surface area contributed by atoms with Crippen molar-refractivity contribution in [1.82, 2.24) is 5.32 Å².